The number of anilines is 1. The SMILES string of the molecule is Cn1ncc(N2CCC(Oc3cccc(Br)c3)CC2)c(Cl)c1=O. The van der Waals surface area contributed by atoms with Crippen molar-refractivity contribution in [3.63, 3.8) is 0 Å². The first-order valence-electron chi connectivity index (χ1n) is 7.43. The molecule has 0 N–H and O–H groups in total. The molecule has 0 unspecified atom stereocenters. The number of nitrogens with zero attached hydrogens (tertiary/aromatic N) is 3. The molecule has 1 aliphatic rings. The van der Waals surface area contributed by atoms with E-state index < -0.39 is 0 Å². The van der Waals surface area contributed by atoms with Crippen LogP contribution in [0.25, 0.3) is 0 Å². The Kier molecular flexibility index (Phi) is 4.92. The monoisotopic (exact) mass is 397 g/mol. The molecule has 0 amide bonds. The molecule has 7 heteroatoms. The van der Waals surface area contributed by atoms with E-state index >= 15 is 0 Å². The standard InChI is InChI=1S/C16H17BrClN3O2/c1-20-16(22)15(18)14(10-19-20)21-7-5-12(6-8-21)23-13-4-2-3-11(17)9-13/h2-4,9-10,12H,5-8H2,1H3. The highest BCUT2D eigenvalue weighted by Crippen LogP contribution is 2.27. The maximum atomic E-state index is 11.9. The summed E-state index contributed by atoms with van der Waals surface area (Å²) in [5.74, 6) is 0.867. The molecule has 0 bridgehead atoms. The van der Waals surface area contributed by atoms with Crippen LogP contribution in [0.5, 0.6) is 5.75 Å². The van der Waals surface area contributed by atoms with Crippen molar-refractivity contribution in [1.82, 2.24) is 9.78 Å². The quantitative estimate of drug-likeness (QED) is 0.796. The van der Waals surface area contributed by atoms with Crippen LogP contribution in [0, 0.1) is 0 Å². The van der Waals surface area contributed by atoms with Gasteiger partial charge in [0.05, 0.1) is 11.9 Å². The molecule has 3 rings (SSSR count). The van der Waals surface area contributed by atoms with Gasteiger partial charge in [-0.15, -0.1) is 0 Å². The summed E-state index contributed by atoms with van der Waals surface area (Å²) in [7, 11) is 1.59. The lowest BCUT2D eigenvalue weighted by molar-refractivity contribution is 0.171. The Bertz CT molecular complexity index is 757. The molecule has 1 aromatic carbocycles. The van der Waals surface area contributed by atoms with Gasteiger partial charge in [0.1, 0.15) is 16.9 Å². The smallest absolute Gasteiger partial charge is 0.287 e. The van der Waals surface area contributed by atoms with Gasteiger partial charge in [0.25, 0.3) is 5.56 Å². The molecule has 5 nitrogen and oxygen atoms in total. The van der Waals surface area contributed by atoms with E-state index in [-0.39, 0.29) is 16.7 Å². The highest BCUT2D eigenvalue weighted by molar-refractivity contribution is 9.10. The van der Waals surface area contributed by atoms with E-state index in [1.807, 2.05) is 24.3 Å². The first kappa shape index (κ1) is 16.3. The molecule has 0 atom stereocenters. The minimum atomic E-state index is -0.267. The van der Waals surface area contributed by atoms with Crippen molar-refractivity contribution in [2.45, 2.75) is 18.9 Å². The lowest BCUT2D eigenvalue weighted by atomic mass is 10.1. The molecule has 0 aliphatic carbocycles. The number of aromatic nitrogens is 2. The molecule has 0 radical (unpaired) electrons. The van der Waals surface area contributed by atoms with Gasteiger partial charge in [0.15, 0.2) is 0 Å². The summed E-state index contributed by atoms with van der Waals surface area (Å²) >= 11 is 9.61. The molecule has 0 spiro atoms. The van der Waals surface area contributed by atoms with Crippen LogP contribution < -0.4 is 15.2 Å². The number of hydrogen-bond acceptors (Lipinski definition) is 4. The molecular weight excluding hydrogens is 382 g/mol. The summed E-state index contributed by atoms with van der Waals surface area (Å²) in [5.41, 5.74) is 0.437. The topological polar surface area (TPSA) is 47.4 Å². The highest BCUT2D eigenvalue weighted by atomic mass is 79.9. The Morgan fingerprint density at radius 2 is 2.09 bits per heavy atom. The van der Waals surface area contributed by atoms with E-state index in [0.29, 0.717) is 5.69 Å². The molecule has 23 heavy (non-hydrogen) atoms. The van der Waals surface area contributed by atoms with Crippen molar-refractivity contribution in [1.29, 1.82) is 0 Å². The molecule has 1 saturated heterocycles. The van der Waals surface area contributed by atoms with Crippen LogP contribution >= 0.6 is 27.5 Å². The van der Waals surface area contributed by atoms with Gasteiger partial charge >= 0.3 is 0 Å². The number of piperidine rings is 1. The summed E-state index contributed by atoms with van der Waals surface area (Å²) in [6, 6.07) is 7.85. The maximum Gasteiger partial charge on any atom is 0.287 e. The first-order chi connectivity index (χ1) is 11.0. The largest absolute Gasteiger partial charge is 0.490 e. The lowest BCUT2D eigenvalue weighted by Crippen LogP contribution is -2.39. The Labute approximate surface area is 147 Å². The summed E-state index contributed by atoms with van der Waals surface area (Å²) in [5, 5.41) is 4.28. The zero-order valence-electron chi connectivity index (χ0n) is 12.7. The summed E-state index contributed by atoms with van der Waals surface area (Å²) in [6.45, 7) is 1.57. The average molecular weight is 399 g/mol. The van der Waals surface area contributed by atoms with E-state index in [4.69, 9.17) is 16.3 Å². The van der Waals surface area contributed by atoms with Crippen LogP contribution in [-0.4, -0.2) is 29.0 Å². The van der Waals surface area contributed by atoms with Crippen LogP contribution in [0.1, 0.15) is 12.8 Å². The zero-order chi connectivity index (χ0) is 16.4. The van der Waals surface area contributed by atoms with Gasteiger partial charge < -0.3 is 9.64 Å². The van der Waals surface area contributed by atoms with Crippen molar-refractivity contribution in [2.24, 2.45) is 7.05 Å². The Balaban J connectivity index is 1.65. The van der Waals surface area contributed by atoms with Gasteiger partial charge in [-0.05, 0) is 18.2 Å². The second-order valence-electron chi connectivity index (χ2n) is 5.53. The van der Waals surface area contributed by atoms with E-state index in [0.717, 1.165) is 36.2 Å². The highest BCUT2D eigenvalue weighted by Gasteiger charge is 2.23. The lowest BCUT2D eigenvalue weighted by Gasteiger charge is -2.33. The molecule has 1 aromatic heterocycles. The van der Waals surface area contributed by atoms with Gasteiger partial charge in [-0.1, -0.05) is 33.6 Å². The Morgan fingerprint density at radius 3 is 2.78 bits per heavy atom. The number of hydrogen-bond donors (Lipinski definition) is 0. The Morgan fingerprint density at radius 1 is 1.35 bits per heavy atom. The minimum Gasteiger partial charge on any atom is -0.490 e. The van der Waals surface area contributed by atoms with E-state index in [9.17, 15) is 4.79 Å². The molecule has 122 valence electrons. The molecule has 2 heterocycles. The van der Waals surface area contributed by atoms with Crippen LogP contribution in [0.15, 0.2) is 39.7 Å². The van der Waals surface area contributed by atoms with Gasteiger partial charge in [-0.2, -0.15) is 5.10 Å². The minimum absolute atomic E-state index is 0.166. The number of benzene rings is 1. The first-order valence-corrected chi connectivity index (χ1v) is 8.60. The van der Waals surface area contributed by atoms with Crippen molar-refractivity contribution >= 4 is 33.2 Å². The van der Waals surface area contributed by atoms with Crippen LogP contribution in [-0.2, 0) is 7.05 Å². The predicted molar refractivity (Wildman–Crippen MR) is 94.5 cm³/mol. The summed E-state index contributed by atoms with van der Waals surface area (Å²) < 4.78 is 8.27. The fraction of sp³-hybridized carbons (Fsp3) is 0.375. The van der Waals surface area contributed by atoms with Gasteiger partial charge in [0, 0.05) is 37.5 Å². The van der Waals surface area contributed by atoms with Crippen molar-refractivity contribution in [3.05, 3.63) is 50.3 Å². The van der Waals surface area contributed by atoms with E-state index in [1.54, 1.807) is 13.2 Å². The van der Waals surface area contributed by atoms with Gasteiger partial charge in [0.2, 0.25) is 0 Å². The molecular formula is C16H17BrClN3O2. The van der Waals surface area contributed by atoms with Crippen molar-refractivity contribution < 1.29 is 4.74 Å². The summed E-state index contributed by atoms with van der Waals surface area (Å²) in [6.07, 6.45) is 3.56. The molecule has 0 saturated carbocycles. The average Bonchev–Trinajstić information content (AvgIpc) is 2.54. The number of halogens is 2. The molecule has 1 fully saturated rings. The van der Waals surface area contributed by atoms with E-state index in [1.165, 1.54) is 4.68 Å². The van der Waals surface area contributed by atoms with Crippen LogP contribution in [0.3, 0.4) is 0 Å². The van der Waals surface area contributed by atoms with E-state index in [2.05, 4.69) is 25.9 Å². The predicted octanol–water partition coefficient (Wildman–Crippen LogP) is 3.24. The third-order valence-electron chi connectivity index (χ3n) is 3.94. The van der Waals surface area contributed by atoms with Crippen molar-refractivity contribution in [2.75, 3.05) is 18.0 Å². The van der Waals surface area contributed by atoms with Crippen molar-refractivity contribution in [3.8, 4) is 5.75 Å². The third kappa shape index (κ3) is 3.70. The molecule has 1 aliphatic heterocycles. The second kappa shape index (κ2) is 6.93. The molecule has 2 aromatic rings. The van der Waals surface area contributed by atoms with Gasteiger partial charge in [-0.25, -0.2) is 4.68 Å². The summed E-state index contributed by atoms with van der Waals surface area (Å²) in [4.78, 5) is 14.0. The van der Waals surface area contributed by atoms with Crippen LogP contribution in [0.4, 0.5) is 5.69 Å². The fourth-order valence-electron chi connectivity index (χ4n) is 2.67. The Hall–Kier alpha value is -1.53. The second-order valence-corrected chi connectivity index (χ2v) is 6.83. The zero-order valence-corrected chi connectivity index (χ0v) is 15.0. The third-order valence-corrected chi connectivity index (χ3v) is 4.79. The van der Waals surface area contributed by atoms with Gasteiger partial charge in [-0.3, -0.25) is 4.79 Å². The number of ether oxygens (including phenoxy) is 1. The normalized spacial score (nSPS) is 15.7. The van der Waals surface area contributed by atoms with Crippen LogP contribution in [0.2, 0.25) is 5.02 Å². The number of aryl methyl sites for hydroxylation is 1. The number of rotatable bonds is 3. The fourth-order valence-corrected chi connectivity index (χ4v) is 3.34. The maximum absolute atomic E-state index is 11.9.